The molecule has 0 spiro atoms. The number of likely N-dealkylation sites (tertiary alicyclic amines) is 1. The predicted molar refractivity (Wildman–Crippen MR) is 87.0 cm³/mol. The van der Waals surface area contributed by atoms with Crippen molar-refractivity contribution in [3.8, 4) is 0 Å². The Morgan fingerprint density at radius 3 is 2.78 bits per heavy atom. The third-order valence-electron chi connectivity index (χ3n) is 4.29. The smallest absolute Gasteiger partial charge is 0.279 e. The highest BCUT2D eigenvalue weighted by molar-refractivity contribution is 7.14. The van der Waals surface area contributed by atoms with Gasteiger partial charge >= 0.3 is 0 Å². The molecular weight excluding hydrogens is 314 g/mol. The second-order valence-electron chi connectivity index (χ2n) is 6.04. The van der Waals surface area contributed by atoms with Crippen molar-refractivity contribution in [1.82, 2.24) is 15.8 Å². The molecule has 7 heteroatoms. The lowest BCUT2D eigenvalue weighted by Gasteiger charge is -2.19. The summed E-state index contributed by atoms with van der Waals surface area (Å²) in [5, 5.41) is 0. The molecule has 0 atom stereocenters. The van der Waals surface area contributed by atoms with Crippen LogP contribution in [0.15, 0.2) is 6.07 Å². The number of hydrazine groups is 1. The first-order chi connectivity index (χ1) is 11.1. The Bertz CT molecular complexity index is 605. The van der Waals surface area contributed by atoms with Gasteiger partial charge in [0.25, 0.3) is 11.8 Å². The minimum absolute atomic E-state index is 0.0000534. The largest absolute Gasteiger partial charge is 0.333 e. The van der Waals surface area contributed by atoms with Crippen molar-refractivity contribution < 1.29 is 14.4 Å². The minimum atomic E-state index is -0.363. The molecule has 1 fully saturated rings. The molecule has 0 radical (unpaired) electrons. The molecule has 3 rings (SSSR count). The summed E-state index contributed by atoms with van der Waals surface area (Å²) in [6.45, 7) is 0.609. The van der Waals surface area contributed by atoms with Gasteiger partial charge in [0, 0.05) is 17.8 Å². The van der Waals surface area contributed by atoms with Crippen molar-refractivity contribution in [2.75, 3.05) is 13.1 Å². The van der Waals surface area contributed by atoms with Crippen molar-refractivity contribution in [3.63, 3.8) is 0 Å². The van der Waals surface area contributed by atoms with Crippen molar-refractivity contribution in [2.45, 2.75) is 44.9 Å². The van der Waals surface area contributed by atoms with E-state index >= 15 is 0 Å². The lowest BCUT2D eigenvalue weighted by Crippen LogP contribution is -2.47. The van der Waals surface area contributed by atoms with Crippen LogP contribution in [-0.2, 0) is 22.4 Å². The maximum absolute atomic E-state index is 12.1. The Kier molecular flexibility index (Phi) is 4.95. The van der Waals surface area contributed by atoms with Crippen molar-refractivity contribution in [3.05, 3.63) is 21.4 Å². The van der Waals surface area contributed by atoms with E-state index in [9.17, 15) is 14.4 Å². The SMILES string of the molecule is O=C(CN1CCCCCC1=O)NNC(=O)c1cc2c(s1)CCC2. The van der Waals surface area contributed by atoms with Crippen LogP contribution in [-0.4, -0.2) is 35.7 Å². The van der Waals surface area contributed by atoms with Crippen LogP contribution in [0.3, 0.4) is 0 Å². The summed E-state index contributed by atoms with van der Waals surface area (Å²) in [5.41, 5.74) is 6.10. The van der Waals surface area contributed by atoms with E-state index in [4.69, 9.17) is 0 Å². The first-order valence-electron chi connectivity index (χ1n) is 8.12. The fourth-order valence-electron chi connectivity index (χ4n) is 3.05. The van der Waals surface area contributed by atoms with E-state index in [1.807, 2.05) is 6.07 Å². The van der Waals surface area contributed by atoms with Crippen LogP contribution in [0.1, 0.15) is 52.2 Å². The summed E-state index contributed by atoms with van der Waals surface area (Å²) in [6.07, 6.45) is 6.55. The normalized spacial score (nSPS) is 17.6. The summed E-state index contributed by atoms with van der Waals surface area (Å²) in [7, 11) is 0. The van der Waals surface area contributed by atoms with Crippen molar-refractivity contribution in [2.24, 2.45) is 0 Å². The van der Waals surface area contributed by atoms with Gasteiger partial charge in [0.1, 0.15) is 6.54 Å². The highest BCUT2D eigenvalue weighted by Crippen LogP contribution is 2.30. The Balaban J connectivity index is 1.48. The topological polar surface area (TPSA) is 78.5 Å². The van der Waals surface area contributed by atoms with E-state index in [2.05, 4.69) is 10.9 Å². The van der Waals surface area contributed by atoms with Gasteiger partial charge in [-0.05, 0) is 43.7 Å². The monoisotopic (exact) mass is 335 g/mol. The Morgan fingerprint density at radius 2 is 1.96 bits per heavy atom. The zero-order valence-corrected chi connectivity index (χ0v) is 13.8. The molecule has 2 N–H and O–H groups in total. The number of fused-ring (bicyclic) bond motifs is 1. The Hall–Kier alpha value is -1.89. The van der Waals surface area contributed by atoms with Gasteiger partial charge in [0.05, 0.1) is 4.88 Å². The number of hydrogen-bond donors (Lipinski definition) is 2. The van der Waals surface area contributed by atoms with Gasteiger partial charge in [-0.1, -0.05) is 6.42 Å². The average Bonchev–Trinajstić information content (AvgIpc) is 3.07. The van der Waals surface area contributed by atoms with Crippen LogP contribution < -0.4 is 10.9 Å². The fraction of sp³-hybridized carbons (Fsp3) is 0.562. The van der Waals surface area contributed by atoms with Crippen LogP contribution in [0, 0.1) is 0 Å². The molecule has 2 heterocycles. The molecule has 124 valence electrons. The number of hydrogen-bond acceptors (Lipinski definition) is 4. The molecule has 23 heavy (non-hydrogen) atoms. The molecular formula is C16H21N3O3S. The van der Waals surface area contributed by atoms with Crippen molar-refractivity contribution >= 4 is 29.1 Å². The van der Waals surface area contributed by atoms with E-state index in [-0.39, 0.29) is 24.3 Å². The first kappa shape index (κ1) is 16.0. The minimum Gasteiger partial charge on any atom is -0.333 e. The average molecular weight is 335 g/mol. The van der Waals surface area contributed by atoms with Gasteiger partial charge in [-0.25, -0.2) is 0 Å². The summed E-state index contributed by atoms with van der Waals surface area (Å²) in [4.78, 5) is 39.3. The molecule has 3 amide bonds. The van der Waals surface area contributed by atoms with E-state index in [1.165, 1.54) is 21.8 Å². The molecule has 6 nitrogen and oxygen atoms in total. The van der Waals surface area contributed by atoms with E-state index in [0.717, 1.165) is 38.5 Å². The molecule has 1 aliphatic carbocycles. The summed E-state index contributed by atoms with van der Waals surface area (Å²) < 4.78 is 0. The van der Waals surface area contributed by atoms with Crippen LogP contribution in [0.5, 0.6) is 0 Å². The summed E-state index contributed by atoms with van der Waals surface area (Å²) in [6, 6.07) is 1.91. The zero-order chi connectivity index (χ0) is 16.2. The van der Waals surface area contributed by atoms with Gasteiger partial charge in [0.15, 0.2) is 0 Å². The van der Waals surface area contributed by atoms with Crippen molar-refractivity contribution in [1.29, 1.82) is 0 Å². The number of carbonyl (C=O) groups excluding carboxylic acids is 3. The molecule has 1 aromatic heterocycles. The number of thiophene rings is 1. The second-order valence-corrected chi connectivity index (χ2v) is 7.18. The van der Waals surface area contributed by atoms with Gasteiger partial charge < -0.3 is 4.90 Å². The molecule has 0 bridgehead atoms. The van der Waals surface area contributed by atoms with Gasteiger partial charge in [0.2, 0.25) is 5.91 Å². The quantitative estimate of drug-likeness (QED) is 0.820. The maximum atomic E-state index is 12.1. The zero-order valence-electron chi connectivity index (χ0n) is 13.0. The van der Waals surface area contributed by atoms with E-state index in [1.54, 1.807) is 4.90 Å². The number of rotatable bonds is 3. The number of carbonyl (C=O) groups is 3. The molecule has 2 aliphatic rings. The predicted octanol–water partition coefficient (Wildman–Crippen LogP) is 1.40. The van der Waals surface area contributed by atoms with Crippen LogP contribution in [0.25, 0.3) is 0 Å². The molecule has 1 aromatic rings. The number of nitrogens with one attached hydrogen (secondary N) is 2. The van der Waals surface area contributed by atoms with E-state index < -0.39 is 0 Å². The maximum Gasteiger partial charge on any atom is 0.279 e. The van der Waals surface area contributed by atoms with Crippen LogP contribution in [0.2, 0.25) is 0 Å². The lowest BCUT2D eigenvalue weighted by atomic mass is 10.2. The highest BCUT2D eigenvalue weighted by atomic mass is 32.1. The molecule has 1 aliphatic heterocycles. The van der Waals surface area contributed by atoms with Gasteiger partial charge in [-0.3, -0.25) is 25.2 Å². The molecule has 1 saturated heterocycles. The Labute approximate surface area is 139 Å². The fourth-order valence-corrected chi connectivity index (χ4v) is 4.20. The first-order valence-corrected chi connectivity index (χ1v) is 8.93. The standard InChI is InChI=1S/C16H21N3O3S/c20-14(10-19-8-3-1-2-7-15(19)21)17-18-16(22)13-9-11-5-4-6-12(11)23-13/h9H,1-8,10H2,(H,17,20)(H,18,22). The molecule has 0 unspecified atom stereocenters. The highest BCUT2D eigenvalue weighted by Gasteiger charge is 2.21. The lowest BCUT2D eigenvalue weighted by molar-refractivity contribution is -0.135. The summed E-state index contributed by atoms with van der Waals surface area (Å²) >= 11 is 1.49. The third-order valence-corrected chi connectivity index (χ3v) is 5.53. The number of nitrogens with zero attached hydrogens (tertiary/aromatic N) is 1. The van der Waals surface area contributed by atoms with Gasteiger partial charge in [-0.15, -0.1) is 11.3 Å². The Morgan fingerprint density at radius 1 is 1.09 bits per heavy atom. The summed E-state index contributed by atoms with van der Waals surface area (Å²) in [5.74, 6) is -0.642. The number of aryl methyl sites for hydroxylation is 2. The molecule has 0 aromatic carbocycles. The van der Waals surface area contributed by atoms with Crippen LogP contribution >= 0.6 is 11.3 Å². The van der Waals surface area contributed by atoms with E-state index in [0.29, 0.717) is 17.8 Å². The molecule has 0 saturated carbocycles. The second kappa shape index (κ2) is 7.12. The van der Waals surface area contributed by atoms with Gasteiger partial charge in [-0.2, -0.15) is 0 Å². The van der Waals surface area contributed by atoms with Crippen LogP contribution in [0.4, 0.5) is 0 Å². The number of amides is 3. The third kappa shape index (κ3) is 3.90.